The van der Waals surface area contributed by atoms with Crippen molar-refractivity contribution in [2.45, 2.75) is 46.2 Å². The molecular formula is C24H27N3O. The molecule has 1 fully saturated rings. The van der Waals surface area contributed by atoms with Crippen molar-refractivity contribution in [2.24, 2.45) is 5.92 Å². The van der Waals surface area contributed by atoms with E-state index in [1.54, 1.807) is 0 Å². The number of fused-ring (bicyclic) bond motifs is 3. The number of benzene rings is 2. The molecule has 0 saturated heterocycles. The van der Waals surface area contributed by atoms with Crippen LogP contribution < -0.4 is 5.32 Å². The van der Waals surface area contributed by atoms with E-state index >= 15 is 0 Å². The number of carbonyl (C=O) groups excluding carboxylic acids is 1. The van der Waals surface area contributed by atoms with Gasteiger partial charge in [0.25, 0.3) is 0 Å². The van der Waals surface area contributed by atoms with Gasteiger partial charge in [0.2, 0.25) is 0 Å². The van der Waals surface area contributed by atoms with Gasteiger partial charge >= 0.3 is 6.03 Å². The molecule has 2 aromatic carbocycles. The van der Waals surface area contributed by atoms with Crippen molar-refractivity contribution < 1.29 is 4.79 Å². The number of nitrogens with zero attached hydrogens (tertiary/aromatic N) is 2. The Morgan fingerprint density at radius 1 is 1.11 bits per heavy atom. The Morgan fingerprint density at radius 3 is 2.71 bits per heavy atom. The molecule has 28 heavy (non-hydrogen) atoms. The number of aryl methyl sites for hydroxylation is 2. The predicted octanol–water partition coefficient (Wildman–Crippen LogP) is 5.26. The molecule has 144 valence electrons. The van der Waals surface area contributed by atoms with Gasteiger partial charge in [-0.1, -0.05) is 24.3 Å². The molecular weight excluding hydrogens is 346 g/mol. The van der Waals surface area contributed by atoms with Crippen LogP contribution in [0.15, 0.2) is 42.5 Å². The van der Waals surface area contributed by atoms with Crippen molar-refractivity contribution in [3.63, 3.8) is 0 Å². The fourth-order valence-electron chi connectivity index (χ4n) is 4.36. The first-order valence-electron chi connectivity index (χ1n) is 10.3. The van der Waals surface area contributed by atoms with Gasteiger partial charge in [-0.3, -0.25) is 0 Å². The van der Waals surface area contributed by atoms with Crippen LogP contribution in [0.3, 0.4) is 0 Å². The molecule has 1 N–H and O–H groups in total. The quantitative estimate of drug-likeness (QED) is 0.668. The maximum Gasteiger partial charge on any atom is 0.322 e. The number of rotatable bonds is 3. The molecule has 4 nitrogen and oxygen atoms in total. The molecule has 1 saturated carbocycles. The predicted molar refractivity (Wildman–Crippen MR) is 114 cm³/mol. The molecule has 4 heteroatoms. The zero-order valence-corrected chi connectivity index (χ0v) is 16.7. The summed E-state index contributed by atoms with van der Waals surface area (Å²) < 4.78 is 2.53. The van der Waals surface area contributed by atoms with Crippen molar-refractivity contribution >= 4 is 22.6 Å². The standard InChI is InChI=1S/C24H27N3O/c1-16-7-10-19(13-17(16)2)25-24(28)26-12-11-23-21(15-26)20-5-3-4-6-22(20)27(23)14-18-8-9-18/h3-7,10,13,18H,8-9,11-12,14-15H2,1-2H3,(H,25,28). The number of nitrogens with one attached hydrogen (secondary N) is 1. The summed E-state index contributed by atoms with van der Waals surface area (Å²) in [5.74, 6) is 0.839. The van der Waals surface area contributed by atoms with E-state index in [9.17, 15) is 4.79 Å². The summed E-state index contributed by atoms with van der Waals surface area (Å²) in [6, 6.07) is 14.8. The lowest BCUT2D eigenvalue weighted by molar-refractivity contribution is 0.206. The lowest BCUT2D eigenvalue weighted by Gasteiger charge is -2.28. The highest BCUT2D eigenvalue weighted by molar-refractivity contribution is 5.91. The van der Waals surface area contributed by atoms with Gasteiger partial charge in [-0.15, -0.1) is 0 Å². The van der Waals surface area contributed by atoms with Gasteiger partial charge in [0, 0.05) is 53.9 Å². The third kappa shape index (κ3) is 3.07. The minimum atomic E-state index is -0.00655. The Kier molecular flexibility index (Phi) is 4.15. The van der Waals surface area contributed by atoms with E-state index in [2.05, 4.69) is 54.1 Å². The van der Waals surface area contributed by atoms with Crippen molar-refractivity contribution in [3.8, 4) is 0 Å². The van der Waals surface area contributed by atoms with Crippen LogP contribution in [-0.2, 0) is 19.5 Å². The van der Waals surface area contributed by atoms with Gasteiger partial charge in [0.1, 0.15) is 0 Å². The Labute approximate surface area is 166 Å². The maximum absolute atomic E-state index is 12.9. The zero-order chi connectivity index (χ0) is 19.3. The first kappa shape index (κ1) is 17.4. The SMILES string of the molecule is Cc1ccc(NC(=O)N2CCc3c(c4ccccc4n3CC3CC3)C2)cc1C. The summed E-state index contributed by atoms with van der Waals surface area (Å²) in [6.07, 6.45) is 3.63. The van der Waals surface area contributed by atoms with E-state index in [-0.39, 0.29) is 6.03 Å². The highest BCUT2D eigenvalue weighted by Gasteiger charge is 2.29. The monoisotopic (exact) mass is 373 g/mol. The summed E-state index contributed by atoms with van der Waals surface area (Å²) in [4.78, 5) is 14.9. The van der Waals surface area contributed by atoms with Crippen molar-refractivity contribution in [3.05, 3.63) is 64.8 Å². The average Bonchev–Trinajstić information content (AvgIpc) is 3.47. The van der Waals surface area contributed by atoms with E-state index in [4.69, 9.17) is 0 Å². The van der Waals surface area contributed by atoms with Crippen LogP contribution >= 0.6 is 0 Å². The number of carbonyl (C=O) groups is 1. The van der Waals surface area contributed by atoms with Crippen LogP contribution in [0.4, 0.5) is 10.5 Å². The van der Waals surface area contributed by atoms with E-state index in [1.807, 2.05) is 17.0 Å². The molecule has 2 aliphatic rings. The number of amides is 2. The molecule has 0 unspecified atom stereocenters. The minimum Gasteiger partial charge on any atom is -0.344 e. The smallest absolute Gasteiger partial charge is 0.322 e. The number of aromatic nitrogens is 1. The molecule has 0 spiro atoms. The largest absolute Gasteiger partial charge is 0.344 e. The van der Waals surface area contributed by atoms with Crippen LogP contribution in [0.25, 0.3) is 10.9 Å². The fraction of sp³-hybridized carbons (Fsp3) is 0.375. The molecule has 3 aromatic rings. The van der Waals surface area contributed by atoms with Gasteiger partial charge in [-0.05, 0) is 61.9 Å². The number of urea groups is 1. The maximum atomic E-state index is 12.9. The highest BCUT2D eigenvalue weighted by atomic mass is 16.2. The summed E-state index contributed by atoms with van der Waals surface area (Å²) in [7, 11) is 0. The molecule has 2 amide bonds. The Bertz CT molecular complexity index is 1060. The number of hydrogen-bond donors (Lipinski definition) is 1. The minimum absolute atomic E-state index is 0.00655. The second-order valence-corrected chi connectivity index (χ2v) is 8.40. The van der Waals surface area contributed by atoms with E-state index < -0.39 is 0 Å². The van der Waals surface area contributed by atoms with E-state index in [0.29, 0.717) is 6.54 Å². The number of anilines is 1. The summed E-state index contributed by atoms with van der Waals surface area (Å²) in [5, 5.41) is 4.40. The van der Waals surface area contributed by atoms with Crippen molar-refractivity contribution in [1.82, 2.24) is 9.47 Å². The molecule has 1 aliphatic carbocycles. The third-order valence-electron chi connectivity index (χ3n) is 6.34. The average molecular weight is 374 g/mol. The van der Waals surface area contributed by atoms with Gasteiger partial charge in [-0.2, -0.15) is 0 Å². The highest BCUT2D eigenvalue weighted by Crippen LogP contribution is 2.36. The molecule has 2 heterocycles. The van der Waals surface area contributed by atoms with Gasteiger partial charge < -0.3 is 14.8 Å². The molecule has 1 aromatic heterocycles. The lowest BCUT2D eigenvalue weighted by Crippen LogP contribution is -2.39. The second kappa shape index (κ2) is 6.69. The third-order valence-corrected chi connectivity index (χ3v) is 6.34. The van der Waals surface area contributed by atoms with Crippen LogP contribution in [0.5, 0.6) is 0 Å². The molecule has 0 atom stereocenters. The lowest BCUT2D eigenvalue weighted by atomic mass is 10.0. The van der Waals surface area contributed by atoms with Crippen LogP contribution in [0.1, 0.15) is 35.2 Å². The molecule has 1 aliphatic heterocycles. The van der Waals surface area contributed by atoms with Gasteiger partial charge in [0.05, 0.1) is 0 Å². The number of hydrogen-bond acceptors (Lipinski definition) is 1. The first-order valence-corrected chi connectivity index (χ1v) is 10.3. The van der Waals surface area contributed by atoms with Gasteiger partial charge in [-0.25, -0.2) is 4.79 Å². The van der Waals surface area contributed by atoms with E-state index in [0.717, 1.165) is 31.1 Å². The zero-order valence-electron chi connectivity index (χ0n) is 16.7. The second-order valence-electron chi connectivity index (χ2n) is 8.40. The molecule has 5 rings (SSSR count). The Morgan fingerprint density at radius 2 is 1.93 bits per heavy atom. The van der Waals surface area contributed by atoms with Crippen LogP contribution in [-0.4, -0.2) is 22.0 Å². The summed E-state index contributed by atoms with van der Waals surface area (Å²) in [5.41, 5.74) is 7.40. The topological polar surface area (TPSA) is 37.3 Å². The molecule has 0 bridgehead atoms. The summed E-state index contributed by atoms with van der Waals surface area (Å²) >= 11 is 0. The van der Waals surface area contributed by atoms with Gasteiger partial charge in [0.15, 0.2) is 0 Å². The first-order chi connectivity index (χ1) is 13.6. The Hall–Kier alpha value is -2.75. The number of para-hydroxylation sites is 1. The van der Waals surface area contributed by atoms with Crippen LogP contribution in [0, 0.1) is 19.8 Å². The summed E-state index contributed by atoms with van der Waals surface area (Å²) in [6.45, 7) is 6.75. The Balaban J connectivity index is 1.41. The fourth-order valence-corrected chi connectivity index (χ4v) is 4.36. The van der Waals surface area contributed by atoms with Crippen molar-refractivity contribution in [2.75, 3.05) is 11.9 Å². The van der Waals surface area contributed by atoms with E-state index in [1.165, 1.54) is 46.1 Å². The van der Waals surface area contributed by atoms with Crippen LogP contribution in [0.2, 0.25) is 0 Å². The van der Waals surface area contributed by atoms with Crippen molar-refractivity contribution in [1.29, 1.82) is 0 Å². The normalized spacial score (nSPS) is 16.3. The molecule has 0 radical (unpaired) electrons.